The zero-order chi connectivity index (χ0) is 48.3. The third-order valence-corrected chi connectivity index (χ3v) is 20.7. The van der Waals surface area contributed by atoms with Gasteiger partial charge >= 0.3 is 0 Å². The van der Waals surface area contributed by atoms with Crippen LogP contribution in [0.4, 0.5) is 33.4 Å². The third-order valence-electron chi connectivity index (χ3n) is 19.5. The van der Waals surface area contributed by atoms with E-state index in [1.54, 1.807) is 16.7 Å². The highest BCUT2D eigenvalue weighted by atomic mass is 32.1. The Morgan fingerprint density at radius 1 is 0.426 bits per heavy atom. The summed E-state index contributed by atoms with van der Waals surface area (Å²) in [6.07, 6.45) is 9.96. The predicted octanol–water partition coefficient (Wildman–Crippen LogP) is 16.4. The summed E-state index contributed by atoms with van der Waals surface area (Å²) in [5.41, 5.74) is 24.0. The molecule has 0 N–H and O–H groups in total. The molecule has 0 spiro atoms. The second-order valence-electron chi connectivity index (χ2n) is 28.1. The Morgan fingerprint density at radius 3 is 1.47 bits per heavy atom. The Labute approximate surface area is 414 Å². The van der Waals surface area contributed by atoms with Crippen molar-refractivity contribution in [2.24, 2.45) is 0 Å². The molecular formula is C64H77BN2S. The van der Waals surface area contributed by atoms with Crippen molar-refractivity contribution in [1.82, 2.24) is 0 Å². The fourth-order valence-electron chi connectivity index (χ4n) is 14.3. The molecule has 5 aliphatic carbocycles. The molecule has 2 aliphatic heterocycles. The van der Waals surface area contributed by atoms with Gasteiger partial charge in [0.25, 0.3) is 6.71 Å². The van der Waals surface area contributed by atoms with Crippen LogP contribution in [0.2, 0.25) is 0 Å². The molecule has 5 aromatic carbocycles. The maximum absolute atomic E-state index is 2.77. The van der Waals surface area contributed by atoms with Gasteiger partial charge in [0.05, 0.1) is 5.00 Å². The van der Waals surface area contributed by atoms with Crippen LogP contribution in [0.1, 0.15) is 207 Å². The summed E-state index contributed by atoms with van der Waals surface area (Å²) in [6.45, 7) is 39.5. The van der Waals surface area contributed by atoms with E-state index in [-0.39, 0.29) is 50.0 Å². The van der Waals surface area contributed by atoms with Crippen molar-refractivity contribution < 1.29 is 0 Å². The van der Waals surface area contributed by atoms with E-state index in [0.29, 0.717) is 0 Å². The smallest absolute Gasteiger partial charge is 0.254 e. The Bertz CT molecular complexity index is 3130. The lowest BCUT2D eigenvalue weighted by atomic mass is 9.33. The minimum Gasteiger partial charge on any atom is -0.311 e. The lowest BCUT2D eigenvalue weighted by Gasteiger charge is -2.52. The second-order valence-corrected chi connectivity index (χ2v) is 29.2. The maximum atomic E-state index is 2.77. The van der Waals surface area contributed by atoms with Gasteiger partial charge in [-0.15, -0.1) is 11.3 Å². The van der Waals surface area contributed by atoms with Gasteiger partial charge in [0.2, 0.25) is 0 Å². The van der Waals surface area contributed by atoms with Gasteiger partial charge in [0.15, 0.2) is 0 Å². The number of hydrogen-bond donors (Lipinski definition) is 0. The average molecular weight is 917 g/mol. The van der Waals surface area contributed by atoms with Gasteiger partial charge in [0.1, 0.15) is 0 Å². The third kappa shape index (κ3) is 6.26. The highest BCUT2D eigenvalue weighted by molar-refractivity contribution is 7.26. The number of fused-ring (bicyclic) bond motifs is 10. The molecule has 4 heteroatoms. The monoisotopic (exact) mass is 917 g/mol. The van der Waals surface area contributed by atoms with Gasteiger partial charge in [-0.1, -0.05) is 135 Å². The fraction of sp³-hybridized carbons (Fsp3) is 0.500. The number of hydrogen-bond acceptors (Lipinski definition) is 3. The predicted molar refractivity (Wildman–Crippen MR) is 297 cm³/mol. The molecule has 1 saturated carbocycles. The van der Waals surface area contributed by atoms with Crippen LogP contribution in [0.25, 0.3) is 10.1 Å². The van der Waals surface area contributed by atoms with Crippen molar-refractivity contribution in [3.63, 3.8) is 0 Å². The first-order valence-electron chi connectivity index (χ1n) is 26.5. The van der Waals surface area contributed by atoms with Crippen LogP contribution in [-0.2, 0) is 43.3 Å². The van der Waals surface area contributed by atoms with E-state index < -0.39 is 0 Å². The van der Waals surface area contributed by atoms with Crippen LogP contribution in [0, 0.1) is 0 Å². The van der Waals surface area contributed by atoms with Crippen LogP contribution >= 0.6 is 11.3 Å². The van der Waals surface area contributed by atoms with Gasteiger partial charge in [-0.2, -0.15) is 0 Å². The first-order chi connectivity index (χ1) is 31.6. The number of thiophene rings is 1. The van der Waals surface area contributed by atoms with Crippen molar-refractivity contribution in [1.29, 1.82) is 0 Å². The topological polar surface area (TPSA) is 6.48 Å². The minimum atomic E-state index is -0.0812. The van der Waals surface area contributed by atoms with Gasteiger partial charge in [-0.3, -0.25) is 0 Å². The molecule has 68 heavy (non-hydrogen) atoms. The van der Waals surface area contributed by atoms with E-state index in [0.717, 1.165) is 0 Å². The van der Waals surface area contributed by atoms with E-state index in [4.69, 9.17) is 0 Å². The maximum Gasteiger partial charge on any atom is 0.254 e. The van der Waals surface area contributed by atoms with Crippen LogP contribution < -0.4 is 26.2 Å². The Kier molecular flexibility index (Phi) is 9.09. The van der Waals surface area contributed by atoms with Gasteiger partial charge in [-0.05, 0) is 216 Å². The van der Waals surface area contributed by atoms with Gasteiger partial charge < -0.3 is 9.80 Å². The lowest BCUT2D eigenvalue weighted by Crippen LogP contribution is -2.61. The number of benzene rings is 5. The minimum absolute atomic E-state index is 0.0617. The Balaban J connectivity index is 1.23. The lowest BCUT2D eigenvalue weighted by molar-refractivity contribution is 0.188. The van der Waals surface area contributed by atoms with Gasteiger partial charge in [-0.25, -0.2) is 0 Å². The molecular weight excluding hydrogens is 840 g/mol. The van der Waals surface area contributed by atoms with Gasteiger partial charge in [0, 0.05) is 33.1 Å². The fourth-order valence-corrected chi connectivity index (χ4v) is 15.6. The molecule has 0 atom stereocenters. The van der Waals surface area contributed by atoms with Crippen LogP contribution in [0.5, 0.6) is 0 Å². The highest BCUT2D eigenvalue weighted by Crippen LogP contribution is 2.59. The zero-order valence-electron chi connectivity index (χ0n) is 44.5. The molecule has 0 saturated heterocycles. The standard InChI is InChI=1S/C64H77BN2S/c1-57(2,3)38-17-19-40(20-18-38)66-50-36-46-45(61(11,12)25-26-62(46,13)14)35-49(50)65-54-42-34-47-48(64(16)29-27-63(47,15)28-30-64)37-53(42)68-56(54)67(52-32-39(58(4,5)6)31-51(66)55(52)65)41-21-22-43-44(33-41)60(9,10)24-23-59(43,7)8/h17-22,31-37H,23-30H2,1-16H3. The summed E-state index contributed by atoms with van der Waals surface area (Å²) in [5.74, 6) is 0. The molecule has 0 radical (unpaired) electrons. The van der Waals surface area contributed by atoms with Crippen molar-refractivity contribution in [2.75, 3.05) is 9.80 Å². The molecule has 1 aromatic heterocycles. The molecule has 0 unspecified atom stereocenters. The Hall–Kier alpha value is -4.28. The van der Waals surface area contributed by atoms with Crippen molar-refractivity contribution in [3.8, 4) is 0 Å². The largest absolute Gasteiger partial charge is 0.311 e. The number of nitrogens with zero attached hydrogens (tertiary/aromatic N) is 2. The van der Waals surface area contributed by atoms with Crippen LogP contribution in [-0.4, -0.2) is 6.71 Å². The van der Waals surface area contributed by atoms with E-state index in [9.17, 15) is 0 Å². The summed E-state index contributed by atoms with van der Waals surface area (Å²) in [5, 5.41) is 2.90. The average Bonchev–Trinajstić information content (AvgIpc) is 3.64. The van der Waals surface area contributed by atoms with E-state index in [1.165, 1.54) is 139 Å². The summed E-state index contributed by atoms with van der Waals surface area (Å²) in [6, 6.07) is 33.4. The summed E-state index contributed by atoms with van der Waals surface area (Å²) >= 11 is 2.08. The summed E-state index contributed by atoms with van der Waals surface area (Å²) in [7, 11) is 0. The zero-order valence-corrected chi connectivity index (χ0v) is 45.4. The van der Waals surface area contributed by atoms with Crippen molar-refractivity contribution in [2.45, 2.75) is 205 Å². The van der Waals surface area contributed by atoms with E-state index in [2.05, 4.69) is 211 Å². The van der Waals surface area contributed by atoms with Crippen molar-refractivity contribution in [3.05, 3.63) is 123 Å². The Morgan fingerprint density at radius 2 is 0.912 bits per heavy atom. The van der Waals surface area contributed by atoms with Crippen LogP contribution in [0.3, 0.4) is 0 Å². The molecule has 3 heterocycles. The molecule has 2 bridgehead atoms. The molecule has 7 aliphatic rings. The summed E-state index contributed by atoms with van der Waals surface area (Å²) in [4.78, 5) is 5.49. The number of rotatable bonds is 2. The normalized spacial score (nSPS) is 24.5. The number of anilines is 6. The molecule has 352 valence electrons. The highest BCUT2D eigenvalue weighted by Gasteiger charge is 2.51. The molecule has 6 aromatic rings. The first-order valence-corrected chi connectivity index (χ1v) is 27.3. The van der Waals surface area contributed by atoms with Crippen molar-refractivity contribution >= 4 is 78.0 Å². The first kappa shape index (κ1) is 44.9. The molecule has 2 nitrogen and oxygen atoms in total. The molecule has 0 amide bonds. The van der Waals surface area contributed by atoms with E-state index >= 15 is 0 Å². The second kappa shape index (κ2) is 13.8. The quantitative estimate of drug-likeness (QED) is 0.159. The molecule has 1 fully saturated rings. The summed E-state index contributed by atoms with van der Waals surface area (Å²) < 4.78 is 1.46. The SMILES string of the molecule is CC(C)(C)c1ccc(N2c3cc4c(cc3B3c5c2cc(C(C)(C)C)cc5N(c2ccc5c(c2)C(C)(C)CCC5(C)C)c2sc5cc6c(cc5c23)C2(C)CCC6(C)CC2)C(C)(C)CCC4(C)C)cc1. The van der Waals surface area contributed by atoms with E-state index in [1.807, 2.05) is 0 Å². The molecule has 13 rings (SSSR count). The van der Waals surface area contributed by atoms with Crippen LogP contribution in [0.15, 0.2) is 78.9 Å².